The van der Waals surface area contributed by atoms with Crippen LogP contribution in [0, 0.1) is 5.82 Å². The number of nitrogens with one attached hydrogen (secondary N) is 2. The van der Waals surface area contributed by atoms with Gasteiger partial charge in [-0.1, -0.05) is 35.0 Å². The van der Waals surface area contributed by atoms with Crippen LogP contribution in [0.15, 0.2) is 76.3 Å². The molecule has 0 aliphatic rings. The molecular weight excluding hydrogens is 477 g/mol. The third-order valence-electron chi connectivity index (χ3n) is 4.85. The first-order chi connectivity index (χ1) is 16.6. The molecule has 34 heavy (non-hydrogen) atoms. The Morgan fingerprint density at radius 1 is 1.09 bits per heavy atom. The molecule has 1 amide bonds. The van der Waals surface area contributed by atoms with Crippen molar-refractivity contribution in [3.63, 3.8) is 0 Å². The normalized spacial score (nSPS) is 10.9. The summed E-state index contributed by atoms with van der Waals surface area (Å²) < 4.78 is 28.4. The van der Waals surface area contributed by atoms with E-state index in [4.69, 9.17) is 20.9 Å². The third-order valence-corrected chi connectivity index (χ3v) is 5.88. The van der Waals surface area contributed by atoms with Gasteiger partial charge in [0.25, 0.3) is 0 Å². The fourth-order valence-electron chi connectivity index (χ4n) is 3.24. The second-order valence-corrected chi connectivity index (χ2v) is 8.33. The summed E-state index contributed by atoms with van der Waals surface area (Å²) in [6.07, 6.45) is 5.38. The minimum absolute atomic E-state index is 0.282. The number of ether oxygens (including phenoxy) is 1. The summed E-state index contributed by atoms with van der Waals surface area (Å²) in [5.41, 5.74) is 2.96. The van der Waals surface area contributed by atoms with Gasteiger partial charge >= 0.3 is 0 Å². The van der Waals surface area contributed by atoms with Crippen LogP contribution in [-0.4, -0.2) is 18.7 Å². The lowest BCUT2D eigenvalue weighted by Gasteiger charge is -2.11. The zero-order valence-corrected chi connectivity index (χ0v) is 19.5. The predicted molar refractivity (Wildman–Crippen MR) is 134 cm³/mol. The van der Waals surface area contributed by atoms with Gasteiger partial charge in [-0.3, -0.25) is 4.79 Å². The summed E-state index contributed by atoms with van der Waals surface area (Å²) in [5.74, 6) is 0.492. The van der Waals surface area contributed by atoms with E-state index in [1.54, 1.807) is 48.6 Å². The van der Waals surface area contributed by atoms with Gasteiger partial charge < -0.3 is 19.3 Å². The Balaban J connectivity index is 1.64. The van der Waals surface area contributed by atoms with Crippen LogP contribution >= 0.6 is 23.5 Å². The van der Waals surface area contributed by atoms with Gasteiger partial charge in [0.2, 0.25) is 6.41 Å². The van der Waals surface area contributed by atoms with Gasteiger partial charge in [0.15, 0.2) is 5.82 Å². The van der Waals surface area contributed by atoms with Crippen LogP contribution in [0.25, 0.3) is 23.3 Å². The lowest BCUT2D eigenvalue weighted by Crippen LogP contribution is -1.97. The van der Waals surface area contributed by atoms with Gasteiger partial charge in [-0.05, 0) is 77.2 Å². The highest BCUT2D eigenvalue weighted by molar-refractivity contribution is 8.00. The number of halogens is 2. The first-order valence-electron chi connectivity index (χ1n) is 10.1. The quantitative estimate of drug-likeness (QED) is 0.148. The molecule has 0 saturated heterocycles. The number of benzene rings is 3. The molecule has 0 spiro atoms. The summed E-state index contributed by atoms with van der Waals surface area (Å²) in [5, 5.41) is 7.02. The summed E-state index contributed by atoms with van der Waals surface area (Å²) in [6, 6.07) is 17.5. The van der Waals surface area contributed by atoms with Crippen LogP contribution in [0.5, 0.6) is 5.75 Å². The number of aromatic nitrogens is 1. The largest absolute Gasteiger partial charge is 0.496 e. The molecule has 4 aromatic rings. The van der Waals surface area contributed by atoms with E-state index in [9.17, 15) is 4.79 Å². The predicted octanol–water partition coefficient (Wildman–Crippen LogP) is 7.00. The number of anilines is 2. The number of hydrogen-bond donors (Lipinski definition) is 2. The molecular formula is C25H19ClFN3O3S. The highest BCUT2D eigenvalue weighted by atomic mass is 35.5. The minimum Gasteiger partial charge on any atom is -0.496 e. The zero-order valence-electron chi connectivity index (χ0n) is 17.9. The molecule has 0 fully saturated rings. The van der Waals surface area contributed by atoms with Gasteiger partial charge in [0, 0.05) is 21.7 Å². The maximum atomic E-state index is 15.1. The van der Waals surface area contributed by atoms with Crippen LogP contribution in [0.2, 0.25) is 5.02 Å². The molecule has 1 heterocycles. The van der Waals surface area contributed by atoms with E-state index in [1.807, 2.05) is 18.2 Å². The number of carbonyl (C=O) groups is 1. The first kappa shape index (κ1) is 23.4. The van der Waals surface area contributed by atoms with E-state index >= 15 is 4.39 Å². The average molecular weight is 496 g/mol. The van der Waals surface area contributed by atoms with Crippen molar-refractivity contribution in [3.8, 4) is 16.9 Å². The molecule has 0 unspecified atom stereocenters. The number of amides is 1. The van der Waals surface area contributed by atoms with Crippen molar-refractivity contribution in [1.82, 2.24) is 5.16 Å². The van der Waals surface area contributed by atoms with E-state index < -0.39 is 5.82 Å². The van der Waals surface area contributed by atoms with Gasteiger partial charge in [-0.15, -0.1) is 0 Å². The summed E-state index contributed by atoms with van der Waals surface area (Å²) >= 11 is 7.40. The van der Waals surface area contributed by atoms with Gasteiger partial charge in [0.05, 0.1) is 12.7 Å². The molecule has 6 nitrogen and oxygen atoms in total. The molecule has 0 aliphatic carbocycles. The van der Waals surface area contributed by atoms with E-state index in [1.165, 1.54) is 31.4 Å². The summed E-state index contributed by atoms with van der Waals surface area (Å²) in [4.78, 5) is 11.9. The molecule has 4 rings (SSSR count). The molecule has 0 aliphatic heterocycles. The minimum atomic E-state index is -0.450. The first-order valence-corrected chi connectivity index (χ1v) is 11.3. The molecule has 2 N–H and O–H groups in total. The molecule has 0 atom stereocenters. The molecule has 172 valence electrons. The maximum absolute atomic E-state index is 15.1. The fourth-order valence-corrected chi connectivity index (χ4v) is 4.08. The second-order valence-electron chi connectivity index (χ2n) is 7.02. The molecule has 9 heteroatoms. The van der Waals surface area contributed by atoms with Crippen molar-refractivity contribution in [3.05, 3.63) is 88.9 Å². The summed E-state index contributed by atoms with van der Waals surface area (Å²) in [7, 11) is 1.49. The maximum Gasteiger partial charge on any atom is 0.211 e. The van der Waals surface area contributed by atoms with Gasteiger partial charge in [-0.25, -0.2) is 4.39 Å². The van der Waals surface area contributed by atoms with E-state index in [0.29, 0.717) is 39.8 Å². The SMILES string of the molecule is COc1cc(-c2cccc(Cl)c2)cc(F)c1/C=C\c1cc(SNc2ccon2)ccc1NC=O. The summed E-state index contributed by atoms with van der Waals surface area (Å²) in [6.45, 7) is 0. The van der Waals surface area contributed by atoms with Crippen LogP contribution in [0.4, 0.5) is 15.9 Å². The van der Waals surface area contributed by atoms with E-state index in [2.05, 4.69) is 15.2 Å². The van der Waals surface area contributed by atoms with Crippen molar-refractivity contribution in [1.29, 1.82) is 0 Å². The van der Waals surface area contributed by atoms with Crippen molar-refractivity contribution in [2.75, 3.05) is 17.1 Å². The topological polar surface area (TPSA) is 76.4 Å². The highest BCUT2D eigenvalue weighted by Crippen LogP contribution is 2.33. The monoisotopic (exact) mass is 495 g/mol. The Morgan fingerprint density at radius 3 is 2.71 bits per heavy atom. The van der Waals surface area contributed by atoms with Crippen LogP contribution in [0.3, 0.4) is 0 Å². The second kappa shape index (κ2) is 10.9. The molecule has 1 aromatic heterocycles. The van der Waals surface area contributed by atoms with Crippen LogP contribution in [-0.2, 0) is 4.79 Å². The zero-order chi connectivity index (χ0) is 23.9. The third kappa shape index (κ3) is 5.59. The van der Waals surface area contributed by atoms with Gasteiger partial charge in [0.1, 0.15) is 17.8 Å². The molecule has 0 bridgehead atoms. The average Bonchev–Trinajstić information content (AvgIpc) is 3.36. The lowest BCUT2D eigenvalue weighted by atomic mass is 10.0. The van der Waals surface area contributed by atoms with Crippen LogP contribution in [0.1, 0.15) is 11.1 Å². The Bertz CT molecular complexity index is 1330. The molecule has 0 radical (unpaired) electrons. The Kier molecular flexibility index (Phi) is 7.51. The number of rotatable bonds is 9. The number of methoxy groups -OCH3 is 1. The smallest absolute Gasteiger partial charge is 0.211 e. The number of carbonyl (C=O) groups excluding carboxylic acids is 1. The standard InChI is InChI=1S/C25H19ClFN3O3S/c1-32-24-14-18(16-3-2-4-19(26)11-16)13-22(27)21(24)7-5-17-12-20(6-8-23(17)28-15-31)34-30-25-9-10-33-29-25/h2-15H,1H3,(H,28,31)(H,29,30)/b7-5-. The highest BCUT2D eigenvalue weighted by Gasteiger charge is 2.12. The molecule has 0 saturated carbocycles. The van der Waals surface area contributed by atoms with Crippen molar-refractivity contribution in [2.24, 2.45) is 0 Å². The Hall–Kier alpha value is -3.75. The molecule has 3 aromatic carbocycles. The van der Waals surface area contributed by atoms with Crippen molar-refractivity contribution in [2.45, 2.75) is 4.90 Å². The van der Waals surface area contributed by atoms with Crippen molar-refractivity contribution >= 4 is 53.6 Å². The van der Waals surface area contributed by atoms with E-state index in [0.717, 1.165) is 10.5 Å². The Labute approximate surface area is 204 Å². The van der Waals surface area contributed by atoms with Gasteiger partial charge in [-0.2, -0.15) is 0 Å². The van der Waals surface area contributed by atoms with Crippen LogP contribution < -0.4 is 14.8 Å². The number of nitrogens with zero attached hydrogens (tertiary/aromatic N) is 1. The van der Waals surface area contributed by atoms with E-state index in [-0.39, 0.29) is 5.56 Å². The number of hydrogen-bond acceptors (Lipinski definition) is 6. The van der Waals surface area contributed by atoms with Crippen molar-refractivity contribution < 1.29 is 18.4 Å². The Morgan fingerprint density at radius 2 is 1.97 bits per heavy atom. The fraction of sp³-hybridized carbons (Fsp3) is 0.0400. The lowest BCUT2D eigenvalue weighted by molar-refractivity contribution is -0.105.